The van der Waals surface area contributed by atoms with E-state index in [1.807, 2.05) is 56.3 Å². The fourth-order valence-corrected chi connectivity index (χ4v) is 3.37. The number of nitrogens with one attached hydrogen (secondary N) is 1. The lowest BCUT2D eigenvalue weighted by atomic mass is 10.1. The van der Waals surface area contributed by atoms with Gasteiger partial charge in [-0.25, -0.2) is 4.98 Å². The number of nitrogens with zero attached hydrogens (tertiary/aromatic N) is 1. The van der Waals surface area contributed by atoms with Crippen LogP contribution in [0.3, 0.4) is 0 Å². The Kier molecular flexibility index (Phi) is 7.17. The minimum Gasteiger partial charge on any atom is -0.441 e. The third kappa shape index (κ3) is 5.89. The van der Waals surface area contributed by atoms with Gasteiger partial charge in [0.05, 0.1) is 18.5 Å². The fourth-order valence-electron chi connectivity index (χ4n) is 3.37. The zero-order valence-electron chi connectivity index (χ0n) is 17.8. The van der Waals surface area contributed by atoms with Crippen molar-refractivity contribution in [3.63, 3.8) is 0 Å². The van der Waals surface area contributed by atoms with Crippen LogP contribution >= 0.6 is 0 Å². The van der Waals surface area contributed by atoms with Gasteiger partial charge >= 0.3 is 0 Å². The maximum Gasteiger partial charge on any atom is 0.227 e. The van der Waals surface area contributed by atoms with Gasteiger partial charge in [-0.15, -0.1) is 0 Å². The van der Waals surface area contributed by atoms with Crippen molar-refractivity contribution in [2.24, 2.45) is 0 Å². The summed E-state index contributed by atoms with van der Waals surface area (Å²) >= 11 is 0. The minimum absolute atomic E-state index is 0.00644. The second-order valence-corrected chi connectivity index (χ2v) is 7.72. The molecule has 0 aliphatic carbocycles. The van der Waals surface area contributed by atoms with E-state index < -0.39 is 0 Å². The number of ketones is 1. The first-order valence-corrected chi connectivity index (χ1v) is 10.3. The summed E-state index contributed by atoms with van der Waals surface area (Å²) in [6.07, 6.45) is 1.65. The van der Waals surface area contributed by atoms with Gasteiger partial charge in [0.1, 0.15) is 11.5 Å². The summed E-state index contributed by atoms with van der Waals surface area (Å²) < 4.78 is 5.76. The van der Waals surface area contributed by atoms with E-state index in [0.29, 0.717) is 17.3 Å². The molecular weight excluding hydrogens is 376 g/mol. The molecule has 5 heteroatoms. The molecule has 5 nitrogen and oxygen atoms in total. The number of aryl methyl sites for hydroxylation is 3. The van der Waals surface area contributed by atoms with Crippen LogP contribution in [0.1, 0.15) is 42.3 Å². The first-order valence-electron chi connectivity index (χ1n) is 10.3. The first kappa shape index (κ1) is 21.5. The van der Waals surface area contributed by atoms with Gasteiger partial charge in [-0.05, 0) is 50.8 Å². The van der Waals surface area contributed by atoms with Gasteiger partial charge in [-0.3, -0.25) is 9.59 Å². The van der Waals surface area contributed by atoms with Gasteiger partial charge in [0.2, 0.25) is 11.8 Å². The van der Waals surface area contributed by atoms with Crippen molar-refractivity contribution in [3.8, 4) is 11.5 Å². The van der Waals surface area contributed by atoms with Crippen LogP contribution in [0.2, 0.25) is 0 Å². The predicted molar refractivity (Wildman–Crippen MR) is 117 cm³/mol. The molecule has 3 aromatic rings. The lowest BCUT2D eigenvalue weighted by Crippen LogP contribution is -2.34. The summed E-state index contributed by atoms with van der Waals surface area (Å²) in [6.45, 7) is 5.74. The molecule has 0 aliphatic rings. The van der Waals surface area contributed by atoms with Crippen LogP contribution in [0.15, 0.2) is 59.0 Å². The molecule has 0 saturated heterocycles. The van der Waals surface area contributed by atoms with Crippen molar-refractivity contribution in [2.75, 3.05) is 0 Å². The molecule has 1 aromatic heterocycles. The van der Waals surface area contributed by atoms with Crippen molar-refractivity contribution in [3.05, 3.63) is 77.2 Å². The Morgan fingerprint density at radius 3 is 2.47 bits per heavy atom. The van der Waals surface area contributed by atoms with Crippen molar-refractivity contribution in [2.45, 2.75) is 52.5 Å². The third-order valence-electron chi connectivity index (χ3n) is 5.11. The number of hydrogen-bond acceptors (Lipinski definition) is 4. The summed E-state index contributed by atoms with van der Waals surface area (Å²) in [5, 5.41) is 2.92. The van der Waals surface area contributed by atoms with Gasteiger partial charge in [-0.1, -0.05) is 48.5 Å². The molecule has 156 valence electrons. The average molecular weight is 405 g/mol. The van der Waals surface area contributed by atoms with E-state index in [9.17, 15) is 9.59 Å². The van der Waals surface area contributed by atoms with Gasteiger partial charge in [-0.2, -0.15) is 0 Å². The summed E-state index contributed by atoms with van der Waals surface area (Å²) in [7, 11) is 0. The smallest absolute Gasteiger partial charge is 0.227 e. The molecule has 1 amide bonds. The maximum atomic E-state index is 12.4. The second kappa shape index (κ2) is 10.0. The Hall–Kier alpha value is -3.21. The highest BCUT2D eigenvalue weighted by Crippen LogP contribution is 2.25. The quantitative estimate of drug-likeness (QED) is 0.529. The average Bonchev–Trinajstić information content (AvgIpc) is 3.07. The molecule has 0 saturated carbocycles. The maximum absolute atomic E-state index is 12.4. The normalized spacial score (nSPS) is 11.8. The predicted octanol–water partition coefficient (Wildman–Crippen LogP) is 4.60. The lowest BCUT2D eigenvalue weighted by molar-refractivity contribution is -0.128. The molecule has 0 bridgehead atoms. The highest BCUT2D eigenvalue weighted by atomic mass is 16.4. The van der Waals surface area contributed by atoms with Crippen molar-refractivity contribution in [1.29, 1.82) is 0 Å². The molecule has 2 aromatic carbocycles. The van der Waals surface area contributed by atoms with Crippen LogP contribution in [-0.2, 0) is 22.4 Å². The van der Waals surface area contributed by atoms with Crippen molar-refractivity contribution < 1.29 is 14.0 Å². The van der Waals surface area contributed by atoms with Gasteiger partial charge < -0.3 is 9.73 Å². The Balaban J connectivity index is 1.50. The summed E-state index contributed by atoms with van der Waals surface area (Å²) in [5.41, 5.74) is 3.79. The van der Waals surface area contributed by atoms with Crippen LogP contribution in [0.25, 0.3) is 11.5 Å². The first-order chi connectivity index (χ1) is 14.4. The number of benzene rings is 2. The number of aromatic nitrogens is 1. The van der Waals surface area contributed by atoms with Crippen molar-refractivity contribution >= 4 is 11.7 Å². The topological polar surface area (TPSA) is 72.2 Å². The SMILES string of the molecule is Cc1ccccc1-c1nc(CC(=O)CC(=O)NC(C)CCc2ccccc2)c(C)o1. The fraction of sp³-hybridized carbons (Fsp3) is 0.320. The van der Waals surface area contributed by atoms with E-state index in [0.717, 1.165) is 24.0 Å². The number of amides is 1. The molecule has 30 heavy (non-hydrogen) atoms. The Labute approximate surface area is 177 Å². The molecule has 1 unspecified atom stereocenters. The zero-order chi connectivity index (χ0) is 21.5. The van der Waals surface area contributed by atoms with E-state index in [-0.39, 0.29) is 30.6 Å². The second-order valence-electron chi connectivity index (χ2n) is 7.72. The minimum atomic E-state index is -0.249. The molecule has 0 aliphatic heterocycles. The Morgan fingerprint density at radius 1 is 1.03 bits per heavy atom. The van der Waals surface area contributed by atoms with E-state index in [2.05, 4.69) is 22.4 Å². The van der Waals surface area contributed by atoms with Gasteiger partial charge in [0.25, 0.3) is 0 Å². The zero-order valence-corrected chi connectivity index (χ0v) is 17.8. The number of hydrogen-bond donors (Lipinski definition) is 1. The molecule has 0 fully saturated rings. The number of rotatable bonds is 9. The van der Waals surface area contributed by atoms with E-state index >= 15 is 0 Å². The van der Waals surface area contributed by atoms with Gasteiger partial charge in [0, 0.05) is 11.6 Å². The third-order valence-corrected chi connectivity index (χ3v) is 5.11. The summed E-state index contributed by atoms with van der Waals surface area (Å²) in [4.78, 5) is 29.1. The van der Waals surface area contributed by atoms with Crippen molar-refractivity contribution in [1.82, 2.24) is 10.3 Å². The number of carbonyl (C=O) groups excluding carboxylic acids is 2. The van der Waals surface area contributed by atoms with E-state index in [1.54, 1.807) is 6.92 Å². The molecule has 0 radical (unpaired) electrons. The Morgan fingerprint density at radius 2 is 1.73 bits per heavy atom. The number of carbonyl (C=O) groups is 2. The van der Waals surface area contributed by atoms with Crippen LogP contribution in [0, 0.1) is 13.8 Å². The highest BCUT2D eigenvalue weighted by Gasteiger charge is 2.18. The summed E-state index contributed by atoms with van der Waals surface area (Å²) in [5.74, 6) is 0.696. The molecule has 1 atom stereocenters. The highest BCUT2D eigenvalue weighted by molar-refractivity contribution is 5.98. The molecule has 0 spiro atoms. The lowest BCUT2D eigenvalue weighted by Gasteiger charge is -2.13. The number of Topliss-reactive ketones (excluding diaryl/α,β-unsaturated/α-hetero) is 1. The van der Waals surface area contributed by atoms with E-state index in [1.165, 1.54) is 5.56 Å². The van der Waals surface area contributed by atoms with Crippen LogP contribution in [-0.4, -0.2) is 22.7 Å². The monoisotopic (exact) mass is 404 g/mol. The molecule has 3 rings (SSSR count). The number of oxazole rings is 1. The molecular formula is C25H28N2O3. The van der Waals surface area contributed by atoms with E-state index in [4.69, 9.17) is 4.42 Å². The van der Waals surface area contributed by atoms with Crippen LogP contribution in [0.5, 0.6) is 0 Å². The summed E-state index contributed by atoms with van der Waals surface area (Å²) in [6, 6.07) is 18.0. The van der Waals surface area contributed by atoms with Crippen LogP contribution in [0.4, 0.5) is 0 Å². The largest absolute Gasteiger partial charge is 0.441 e. The standard InChI is InChI=1S/C25H28N2O3/c1-17-9-7-8-12-22(17)25-27-23(19(3)30-25)15-21(28)16-24(29)26-18(2)13-14-20-10-5-4-6-11-20/h4-12,18H,13-16H2,1-3H3,(H,26,29). The van der Waals surface area contributed by atoms with Crippen LogP contribution < -0.4 is 5.32 Å². The molecule has 1 heterocycles. The molecule has 1 N–H and O–H groups in total. The van der Waals surface area contributed by atoms with Gasteiger partial charge in [0.15, 0.2) is 0 Å². The Bertz CT molecular complexity index is 1010.